The molecule has 36 heavy (non-hydrogen) atoms. The predicted octanol–water partition coefficient (Wildman–Crippen LogP) is 3.43. The van der Waals surface area contributed by atoms with Crippen LogP contribution in [0.1, 0.15) is 36.1 Å². The first-order chi connectivity index (χ1) is 17.2. The fourth-order valence-electron chi connectivity index (χ4n) is 4.83. The van der Waals surface area contributed by atoms with Gasteiger partial charge in [0.25, 0.3) is 5.56 Å². The summed E-state index contributed by atoms with van der Waals surface area (Å²) in [5, 5.41) is 0.505. The monoisotopic (exact) mass is 510 g/mol. The molecule has 1 aliphatic rings. The Balaban J connectivity index is 1.70. The Hall–Kier alpha value is -3.56. The molecule has 3 aromatic heterocycles. The summed E-state index contributed by atoms with van der Waals surface area (Å²) in [5.41, 5.74) is 0.974. The minimum atomic E-state index is -0.600. The Labute approximate surface area is 210 Å². The van der Waals surface area contributed by atoms with Crippen molar-refractivity contribution in [3.8, 4) is 11.3 Å². The van der Waals surface area contributed by atoms with Crippen molar-refractivity contribution in [1.29, 1.82) is 0 Å². The quantitative estimate of drug-likeness (QED) is 0.421. The van der Waals surface area contributed by atoms with Gasteiger partial charge in [-0.15, -0.1) is 0 Å². The van der Waals surface area contributed by atoms with Crippen LogP contribution in [0.5, 0.6) is 0 Å². The molecule has 186 valence electrons. The van der Waals surface area contributed by atoms with Crippen LogP contribution in [0.2, 0.25) is 5.02 Å². The highest BCUT2D eigenvalue weighted by Gasteiger charge is 2.28. The van der Waals surface area contributed by atoms with Crippen molar-refractivity contribution < 1.29 is 9.13 Å². The summed E-state index contributed by atoms with van der Waals surface area (Å²) in [6.45, 7) is 0.452. The van der Waals surface area contributed by atoms with Gasteiger partial charge in [0.05, 0.1) is 22.7 Å². The van der Waals surface area contributed by atoms with Crippen LogP contribution >= 0.6 is 11.6 Å². The van der Waals surface area contributed by atoms with Gasteiger partial charge < -0.3 is 9.30 Å². The smallest absolute Gasteiger partial charge is 0.331 e. The van der Waals surface area contributed by atoms with Crippen LogP contribution in [-0.4, -0.2) is 25.3 Å². The molecule has 0 amide bonds. The summed E-state index contributed by atoms with van der Waals surface area (Å²) >= 11 is 5.97. The van der Waals surface area contributed by atoms with Gasteiger partial charge in [0.2, 0.25) is 5.56 Å². The first kappa shape index (κ1) is 24.1. The summed E-state index contributed by atoms with van der Waals surface area (Å²) in [7, 11) is 4.63. The van der Waals surface area contributed by atoms with E-state index in [2.05, 4.69) is 0 Å². The van der Waals surface area contributed by atoms with Gasteiger partial charge in [0.1, 0.15) is 5.82 Å². The summed E-state index contributed by atoms with van der Waals surface area (Å²) < 4.78 is 24.9. The zero-order chi connectivity index (χ0) is 25.7. The molecule has 4 aromatic rings. The Morgan fingerprint density at radius 2 is 1.83 bits per heavy atom. The summed E-state index contributed by atoms with van der Waals surface area (Å²) in [5.74, 6) is -0.696. The van der Waals surface area contributed by atoms with Crippen LogP contribution in [0, 0.1) is 5.82 Å². The van der Waals surface area contributed by atoms with Gasteiger partial charge in [-0.2, -0.15) is 0 Å². The average molecular weight is 511 g/mol. The summed E-state index contributed by atoms with van der Waals surface area (Å²) in [4.78, 5) is 42.5. The van der Waals surface area contributed by atoms with Gasteiger partial charge in [-0.1, -0.05) is 11.6 Å². The van der Waals surface area contributed by atoms with Crippen LogP contribution in [0.3, 0.4) is 0 Å². The largest absolute Gasteiger partial charge is 0.373 e. The Morgan fingerprint density at radius 3 is 2.56 bits per heavy atom. The third-order valence-electron chi connectivity index (χ3n) is 6.83. The Bertz CT molecular complexity index is 1690. The second kappa shape index (κ2) is 9.15. The molecule has 4 heterocycles. The van der Waals surface area contributed by atoms with Crippen LogP contribution in [0.4, 0.5) is 4.39 Å². The Morgan fingerprint density at radius 1 is 1.06 bits per heavy atom. The standard InChI is InChI=1S/C26H24ClFN4O4/c1-30-13-15(4-7-22(30)33)21-10-14(8-9-36-21)20-12-18-24(31(2)26(35)32(3)25(18)34)23(29-20)17-6-5-16(27)11-19(17)28/h4-7,11-14,21H,8-10H2,1-3H3/t14-,21+/m1/s1. The molecule has 0 bridgehead atoms. The highest BCUT2D eigenvalue weighted by Crippen LogP contribution is 2.39. The number of halogens is 2. The zero-order valence-corrected chi connectivity index (χ0v) is 20.8. The molecule has 0 unspecified atom stereocenters. The lowest BCUT2D eigenvalue weighted by molar-refractivity contribution is 0.00431. The lowest BCUT2D eigenvalue weighted by Crippen LogP contribution is -2.37. The van der Waals surface area contributed by atoms with Crippen LogP contribution in [-0.2, 0) is 25.9 Å². The number of hydrogen-bond acceptors (Lipinski definition) is 5. The number of aromatic nitrogens is 4. The van der Waals surface area contributed by atoms with E-state index < -0.39 is 17.1 Å². The average Bonchev–Trinajstić information content (AvgIpc) is 2.87. The van der Waals surface area contributed by atoms with Crippen molar-refractivity contribution in [2.24, 2.45) is 21.1 Å². The lowest BCUT2D eigenvalue weighted by Gasteiger charge is -2.30. The molecule has 1 aromatic carbocycles. The number of fused-ring (bicyclic) bond motifs is 1. The van der Waals surface area contributed by atoms with Crippen molar-refractivity contribution in [2.75, 3.05) is 6.61 Å². The van der Waals surface area contributed by atoms with Crippen LogP contribution < -0.4 is 16.8 Å². The molecular weight excluding hydrogens is 487 g/mol. The highest BCUT2D eigenvalue weighted by molar-refractivity contribution is 6.30. The van der Waals surface area contributed by atoms with E-state index in [4.69, 9.17) is 21.3 Å². The number of pyridine rings is 2. The first-order valence-electron chi connectivity index (χ1n) is 11.5. The van der Waals surface area contributed by atoms with Crippen molar-refractivity contribution in [3.05, 3.63) is 95.9 Å². The van der Waals surface area contributed by atoms with Crippen LogP contribution in [0.25, 0.3) is 22.2 Å². The van der Waals surface area contributed by atoms with Gasteiger partial charge in [-0.05, 0) is 48.7 Å². The molecular formula is C26H24ClFN4O4. The van der Waals surface area contributed by atoms with Crippen LogP contribution in [0.15, 0.2) is 57.0 Å². The Kier molecular flexibility index (Phi) is 6.13. The maximum absolute atomic E-state index is 15.1. The van der Waals surface area contributed by atoms with E-state index in [1.54, 1.807) is 31.4 Å². The minimum absolute atomic E-state index is 0.0959. The summed E-state index contributed by atoms with van der Waals surface area (Å²) in [6.07, 6.45) is 2.69. The molecule has 10 heteroatoms. The fourth-order valence-corrected chi connectivity index (χ4v) is 4.99. The number of nitrogens with zero attached hydrogens (tertiary/aromatic N) is 4. The zero-order valence-electron chi connectivity index (χ0n) is 20.0. The SMILES string of the molecule is Cn1cc([C@@H]2C[C@H](c3cc4c(=O)n(C)c(=O)n(C)c4c(-c4ccc(Cl)cc4F)n3)CCO2)ccc1=O. The second-order valence-corrected chi connectivity index (χ2v) is 9.55. The number of aryl methyl sites for hydroxylation is 2. The predicted molar refractivity (Wildman–Crippen MR) is 135 cm³/mol. The molecule has 0 spiro atoms. The molecule has 1 saturated heterocycles. The number of ether oxygens (including phenoxy) is 1. The minimum Gasteiger partial charge on any atom is -0.373 e. The third-order valence-corrected chi connectivity index (χ3v) is 7.06. The lowest BCUT2D eigenvalue weighted by atomic mass is 9.88. The fraction of sp³-hybridized carbons (Fsp3) is 0.308. The van der Waals surface area contributed by atoms with E-state index in [-0.39, 0.29) is 44.8 Å². The van der Waals surface area contributed by atoms with Crippen molar-refractivity contribution in [2.45, 2.75) is 24.9 Å². The normalized spacial score (nSPS) is 18.0. The maximum Gasteiger partial charge on any atom is 0.331 e. The van der Waals surface area contributed by atoms with Gasteiger partial charge >= 0.3 is 5.69 Å². The van der Waals surface area contributed by atoms with E-state index >= 15 is 4.39 Å². The third kappa shape index (κ3) is 4.08. The second-order valence-electron chi connectivity index (χ2n) is 9.11. The van der Waals surface area contributed by atoms with Crippen molar-refractivity contribution in [3.63, 3.8) is 0 Å². The van der Waals surface area contributed by atoms with Gasteiger partial charge in [0, 0.05) is 62.2 Å². The molecule has 1 fully saturated rings. The van der Waals surface area contributed by atoms with Gasteiger partial charge in [-0.3, -0.25) is 23.7 Å². The number of benzene rings is 1. The molecule has 0 N–H and O–H groups in total. The topological polar surface area (TPSA) is 88.1 Å². The number of rotatable bonds is 3. The van der Waals surface area contributed by atoms with E-state index in [9.17, 15) is 14.4 Å². The molecule has 0 radical (unpaired) electrons. The highest BCUT2D eigenvalue weighted by atomic mass is 35.5. The van der Waals surface area contributed by atoms with E-state index in [1.165, 1.54) is 41.4 Å². The van der Waals surface area contributed by atoms with Crippen molar-refractivity contribution >= 4 is 22.5 Å². The van der Waals surface area contributed by atoms with Crippen molar-refractivity contribution in [1.82, 2.24) is 18.7 Å². The first-order valence-corrected chi connectivity index (χ1v) is 11.9. The molecule has 0 saturated carbocycles. The van der Waals surface area contributed by atoms with Gasteiger partial charge in [0.15, 0.2) is 0 Å². The van der Waals surface area contributed by atoms with E-state index in [0.717, 1.165) is 10.1 Å². The molecule has 5 rings (SSSR count). The molecule has 1 aliphatic heterocycles. The molecule has 8 nitrogen and oxygen atoms in total. The molecule has 2 atom stereocenters. The van der Waals surface area contributed by atoms with E-state index in [1.807, 2.05) is 0 Å². The summed E-state index contributed by atoms with van der Waals surface area (Å²) in [6, 6.07) is 9.18. The van der Waals surface area contributed by atoms with Gasteiger partial charge in [-0.25, -0.2) is 9.18 Å². The molecule has 0 aliphatic carbocycles. The maximum atomic E-state index is 15.1. The van der Waals surface area contributed by atoms with E-state index in [0.29, 0.717) is 25.1 Å². The number of hydrogen-bond donors (Lipinski definition) is 0.